The largest absolute Gasteiger partial charge is 0.346 e. The van der Waals surface area contributed by atoms with Gasteiger partial charge in [-0.05, 0) is 6.07 Å². The third kappa shape index (κ3) is 1.19. The highest BCUT2D eigenvalue weighted by atomic mass is 35.5. The average Bonchev–Trinajstić information content (AvgIpc) is 2.50. The summed E-state index contributed by atoms with van der Waals surface area (Å²) in [7, 11) is 0. The highest BCUT2D eigenvalue weighted by Gasteiger charge is 2.00. The molecule has 0 aromatic carbocycles. The summed E-state index contributed by atoms with van der Waals surface area (Å²) in [5.74, 6) is 0.413. The molecule has 0 spiro atoms. The number of anilines is 1. The molecule has 2 aromatic rings. The van der Waals surface area contributed by atoms with E-state index in [9.17, 15) is 0 Å². The Labute approximate surface area is 74.2 Å². The van der Waals surface area contributed by atoms with Crippen LogP contribution in [0.15, 0.2) is 18.6 Å². The first-order valence-electron chi connectivity index (χ1n) is 3.10. The van der Waals surface area contributed by atoms with Crippen LogP contribution in [0, 0.1) is 0 Å². The Bertz CT molecular complexity index is 374. The molecule has 0 saturated heterocycles. The van der Waals surface area contributed by atoms with Crippen molar-refractivity contribution in [3.05, 3.63) is 18.6 Å². The minimum atomic E-state index is 0. The van der Waals surface area contributed by atoms with E-state index in [-0.39, 0.29) is 12.4 Å². The van der Waals surface area contributed by atoms with E-state index in [0.29, 0.717) is 11.5 Å². The smallest absolute Gasteiger partial charge is 0.162 e. The maximum atomic E-state index is 8.60. The molecule has 0 unspecified atom stereocenters. The quantitative estimate of drug-likeness (QED) is 0.585. The number of halogens is 1. The van der Waals surface area contributed by atoms with Crippen LogP contribution in [-0.4, -0.2) is 20.2 Å². The Balaban J connectivity index is 0.000000720. The topological polar surface area (TPSA) is 73.8 Å². The zero-order valence-corrected chi connectivity index (χ0v) is 6.80. The fourth-order valence-electron chi connectivity index (χ4n) is 0.961. The third-order valence-corrected chi connectivity index (χ3v) is 1.46. The summed E-state index contributed by atoms with van der Waals surface area (Å²) in [6, 6.07) is 1.79. The summed E-state index contributed by atoms with van der Waals surface area (Å²) in [6.07, 6.45) is 3.11. The summed E-state index contributed by atoms with van der Waals surface area (Å²) in [5, 5.41) is 9.37. The number of aromatic amines is 1. The average molecular weight is 187 g/mol. The van der Waals surface area contributed by atoms with Gasteiger partial charge in [-0.2, -0.15) is 0 Å². The molecule has 2 aromatic heterocycles. The van der Waals surface area contributed by atoms with Crippen LogP contribution < -0.4 is 5.48 Å². The van der Waals surface area contributed by atoms with Gasteiger partial charge in [0.15, 0.2) is 5.82 Å². The van der Waals surface area contributed by atoms with Gasteiger partial charge >= 0.3 is 0 Å². The number of hydrogen-bond donors (Lipinski definition) is 3. The van der Waals surface area contributed by atoms with Crippen LogP contribution in [0.4, 0.5) is 5.82 Å². The second kappa shape index (κ2) is 3.38. The normalized spacial score (nSPS) is 9.42. The lowest BCUT2D eigenvalue weighted by molar-refractivity contribution is 0.387. The van der Waals surface area contributed by atoms with Crippen LogP contribution in [0.2, 0.25) is 0 Å². The van der Waals surface area contributed by atoms with Crippen LogP contribution in [0.25, 0.3) is 11.0 Å². The van der Waals surface area contributed by atoms with E-state index < -0.39 is 0 Å². The van der Waals surface area contributed by atoms with Gasteiger partial charge < -0.3 is 4.98 Å². The fraction of sp³-hybridized carbons (Fsp3) is 0. The predicted molar refractivity (Wildman–Crippen MR) is 46.5 cm³/mol. The first kappa shape index (κ1) is 8.76. The zero-order chi connectivity index (χ0) is 7.68. The van der Waals surface area contributed by atoms with Crippen molar-refractivity contribution < 1.29 is 5.21 Å². The number of nitrogens with zero attached hydrogens (tertiary/aromatic N) is 2. The maximum absolute atomic E-state index is 8.60. The van der Waals surface area contributed by atoms with E-state index >= 15 is 0 Å². The summed E-state index contributed by atoms with van der Waals surface area (Å²) in [6.45, 7) is 0. The van der Waals surface area contributed by atoms with Crippen molar-refractivity contribution >= 4 is 29.3 Å². The van der Waals surface area contributed by atoms with Crippen molar-refractivity contribution in [3.63, 3.8) is 0 Å². The molecule has 0 fully saturated rings. The summed E-state index contributed by atoms with van der Waals surface area (Å²) >= 11 is 0. The minimum absolute atomic E-state index is 0. The van der Waals surface area contributed by atoms with Crippen molar-refractivity contribution in [1.29, 1.82) is 0 Å². The Morgan fingerprint density at radius 2 is 2.25 bits per heavy atom. The van der Waals surface area contributed by atoms with Crippen LogP contribution >= 0.6 is 12.4 Å². The minimum Gasteiger partial charge on any atom is -0.346 e. The highest BCUT2D eigenvalue weighted by Crippen LogP contribution is 2.15. The van der Waals surface area contributed by atoms with Crippen LogP contribution in [-0.2, 0) is 0 Å². The lowest BCUT2D eigenvalue weighted by Crippen LogP contribution is -1.93. The van der Waals surface area contributed by atoms with Crippen LogP contribution in [0.3, 0.4) is 0 Å². The zero-order valence-electron chi connectivity index (χ0n) is 5.98. The monoisotopic (exact) mass is 186 g/mol. The van der Waals surface area contributed by atoms with Crippen molar-refractivity contribution in [1.82, 2.24) is 15.0 Å². The molecule has 2 rings (SSSR count). The first-order valence-corrected chi connectivity index (χ1v) is 3.10. The van der Waals surface area contributed by atoms with E-state index in [1.54, 1.807) is 12.3 Å². The van der Waals surface area contributed by atoms with Gasteiger partial charge in [-0.3, -0.25) is 10.7 Å². The molecule has 64 valence electrons. The lowest BCUT2D eigenvalue weighted by Gasteiger charge is -1.96. The van der Waals surface area contributed by atoms with Gasteiger partial charge in [0, 0.05) is 6.20 Å². The first-order chi connectivity index (χ1) is 5.42. The number of aromatic nitrogens is 3. The Kier molecular flexibility index (Phi) is 2.47. The number of hydrogen-bond acceptors (Lipinski definition) is 4. The van der Waals surface area contributed by atoms with E-state index in [0.717, 1.165) is 5.39 Å². The van der Waals surface area contributed by atoms with Gasteiger partial charge in [0.05, 0.1) is 5.39 Å². The molecule has 0 aliphatic heterocycles. The maximum Gasteiger partial charge on any atom is 0.162 e. The van der Waals surface area contributed by atoms with Crippen molar-refractivity contribution in [2.75, 3.05) is 5.48 Å². The molecule has 0 amide bonds. The molecule has 0 radical (unpaired) electrons. The van der Waals surface area contributed by atoms with Gasteiger partial charge in [0.25, 0.3) is 0 Å². The molecular weight excluding hydrogens is 180 g/mol. The standard InChI is InChI=1S/C6H6N4O.ClH/c11-10-6-4-1-2-7-5(4)8-3-9-6;/h1-3,11H,(H2,7,8,9,10);1H. The van der Waals surface area contributed by atoms with E-state index in [1.807, 2.05) is 5.48 Å². The van der Waals surface area contributed by atoms with Crippen LogP contribution in [0.1, 0.15) is 0 Å². The summed E-state index contributed by atoms with van der Waals surface area (Å²) < 4.78 is 0. The molecule has 6 heteroatoms. The Morgan fingerprint density at radius 3 is 3.00 bits per heavy atom. The molecule has 0 bridgehead atoms. The molecule has 12 heavy (non-hydrogen) atoms. The second-order valence-electron chi connectivity index (χ2n) is 2.07. The van der Waals surface area contributed by atoms with Crippen molar-refractivity contribution in [3.8, 4) is 0 Å². The molecule has 0 aliphatic carbocycles. The highest BCUT2D eigenvalue weighted by molar-refractivity contribution is 5.86. The van der Waals surface area contributed by atoms with Gasteiger partial charge in [0.2, 0.25) is 0 Å². The Morgan fingerprint density at radius 1 is 1.42 bits per heavy atom. The number of fused-ring (bicyclic) bond motifs is 1. The predicted octanol–water partition coefficient (Wildman–Crippen LogP) is 1.18. The van der Waals surface area contributed by atoms with E-state index in [1.165, 1.54) is 6.33 Å². The molecule has 0 atom stereocenters. The summed E-state index contributed by atoms with van der Waals surface area (Å²) in [5.41, 5.74) is 2.69. The molecule has 5 nitrogen and oxygen atoms in total. The van der Waals surface area contributed by atoms with Crippen molar-refractivity contribution in [2.45, 2.75) is 0 Å². The van der Waals surface area contributed by atoms with E-state index in [2.05, 4.69) is 15.0 Å². The number of H-pyrrole nitrogens is 1. The van der Waals surface area contributed by atoms with Crippen LogP contribution in [0.5, 0.6) is 0 Å². The molecular formula is C6H7ClN4O. The second-order valence-corrected chi connectivity index (χ2v) is 2.07. The van der Waals surface area contributed by atoms with Crippen molar-refractivity contribution in [2.24, 2.45) is 0 Å². The Hall–Kier alpha value is -1.33. The van der Waals surface area contributed by atoms with Gasteiger partial charge in [-0.15, -0.1) is 12.4 Å². The van der Waals surface area contributed by atoms with E-state index in [4.69, 9.17) is 5.21 Å². The molecule has 0 aliphatic rings. The SMILES string of the molecule is Cl.ONc1ncnc2[nH]ccc12. The fourth-order valence-corrected chi connectivity index (χ4v) is 0.961. The third-order valence-electron chi connectivity index (χ3n) is 1.46. The number of nitrogens with one attached hydrogen (secondary N) is 2. The molecule has 0 saturated carbocycles. The molecule has 3 N–H and O–H groups in total. The molecule has 2 heterocycles. The van der Waals surface area contributed by atoms with Gasteiger partial charge in [0.1, 0.15) is 12.0 Å². The van der Waals surface area contributed by atoms with Gasteiger partial charge in [-0.25, -0.2) is 9.97 Å². The van der Waals surface area contributed by atoms with Gasteiger partial charge in [-0.1, -0.05) is 0 Å². The number of rotatable bonds is 1. The summed E-state index contributed by atoms with van der Waals surface area (Å²) in [4.78, 5) is 10.6. The lowest BCUT2D eigenvalue weighted by atomic mass is 10.4.